The minimum absolute atomic E-state index is 0.492. The Morgan fingerprint density at radius 1 is 0.947 bits per heavy atom. The van der Waals surface area contributed by atoms with Gasteiger partial charge in [0, 0.05) is 19.1 Å². The molecule has 0 amide bonds. The first-order valence-electron chi connectivity index (χ1n) is 7.82. The third kappa shape index (κ3) is 3.48. The third-order valence-electron chi connectivity index (χ3n) is 4.04. The highest BCUT2D eigenvalue weighted by Crippen LogP contribution is 2.36. The molecular weight excluding hydrogens is 274 g/mol. The zero-order valence-electron chi connectivity index (χ0n) is 13.3. The van der Waals surface area contributed by atoms with Gasteiger partial charge in [0.05, 0.1) is 0 Å². The second-order valence-electron chi connectivity index (χ2n) is 4.92. The highest BCUT2D eigenvalue weighted by atomic mass is 29.2. The van der Waals surface area contributed by atoms with Gasteiger partial charge in [0.2, 0.25) is 0 Å². The monoisotopic (exact) mass is 305 g/mol. The SMILES string of the molecule is CCO[N+]1(OCC)CCC[Si]1[Si](CC)(CC)OCC. The van der Waals surface area contributed by atoms with Crippen molar-refractivity contribution in [2.24, 2.45) is 0 Å². The van der Waals surface area contributed by atoms with Crippen LogP contribution in [0.4, 0.5) is 0 Å². The standard InChI is InChI=1S/C13H31NO3Si2/c1-6-15-14(16-7-2)12-11-13-18(14)19(9-4,10-5)17-8-3/h6-13H2,1-5H3/q+1. The Kier molecular flexibility index (Phi) is 7.20. The molecule has 0 N–H and O–H groups in total. The number of hydroxylamine groups is 2. The molecular formula is C13H31NO3Si2+. The van der Waals surface area contributed by atoms with Crippen molar-refractivity contribution < 1.29 is 18.6 Å². The second-order valence-corrected chi connectivity index (χ2v) is 15.1. The molecule has 19 heavy (non-hydrogen) atoms. The normalized spacial score (nSPS) is 20.1. The highest BCUT2D eigenvalue weighted by molar-refractivity contribution is 7.27. The first-order valence-corrected chi connectivity index (χ1v) is 12.8. The molecule has 1 fully saturated rings. The van der Waals surface area contributed by atoms with Gasteiger partial charge in [0.1, 0.15) is 19.8 Å². The van der Waals surface area contributed by atoms with Crippen LogP contribution in [-0.4, -0.2) is 47.2 Å². The van der Waals surface area contributed by atoms with Crippen molar-refractivity contribution in [1.82, 2.24) is 0 Å². The van der Waals surface area contributed by atoms with E-state index in [9.17, 15) is 0 Å². The first-order chi connectivity index (χ1) is 9.14. The van der Waals surface area contributed by atoms with Gasteiger partial charge < -0.3 is 4.43 Å². The van der Waals surface area contributed by atoms with Gasteiger partial charge in [-0.1, -0.05) is 18.3 Å². The summed E-state index contributed by atoms with van der Waals surface area (Å²) in [5, 5.41) is 0. The topological polar surface area (TPSA) is 27.7 Å². The van der Waals surface area contributed by atoms with Crippen LogP contribution in [0.25, 0.3) is 0 Å². The van der Waals surface area contributed by atoms with Crippen molar-refractivity contribution >= 4 is 16.3 Å². The summed E-state index contributed by atoms with van der Waals surface area (Å²) in [6, 6.07) is 3.65. The van der Waals surface area contributed by atoms with Crippen LogP contribution >= 0.6 is 0 Å². The molecule has 1 heterocycles. The Balaban J connectivity index is 3.04. The molecule has 1 saturated heterocycles. The van der Waals surface area contributed by atoms with E-state index >= 15 is 0 Å². The number of nitrogens with zero attached hydrogens (tertiary/aromatic N) is 1. The van der Waals surface area contributed by atoms with Gasteiger partial charge in [-0.05, 0) is 32.9 Å². The van der Waals surface area contributed by atoms with Gasteiger partial charge in [-0.2, -0.15) is 9.68 Å². The molecule has 0 atom stereocenters. The van der Waals surface area contributed by atoms with Gasteiger partial charge >= 0.3 is 8.48 Å². The predicted octanol–water partition coefficient (Wildman–Crippen LogP) is 3.20. The quantitative estimate of drug-likeness (QED) is 0.612. The molecule has 1 rings (SSSR count). The van der Waals surface area contributed by atoms with E-state index in [1.54, 1.807) is 0 Å². The summed E-state index contributed by atoms with van der Waals surface area (Å²) < 4.78 is 6.86. The minimum atomic E-state index is -1.70. The van der Waals surface area contributed by atoms with E-state index < -0.39 is 16.3 Å². The van der Waals surface area contributed by atoms with E-state index in [2.05, 4.69) is 34.6 Å². The van der Waals surface area contributed by atoms with Gasteiger partial charge in [-0.15, -0.1) is 0 Å². The number of rotatable bonds is 9. The fraction of sp³-hybridized carbons (Fsp3) is 1.00. The second kappa shape index (κ2) is 7.90. The van der Waals surface area contributed by atoms with Crippen LogP contribution in [0.5, 0.6) is 0 Å². The van der Waals surface area contributed by atoms with Crippen molar-refractivity contribution in [2.45, 2.75) is 59.2 Å². The van der Waals surface area contributed by atoms with Crippen LogP contribution in [-0.2, 0) is 14.1 Å². The van der Waals surface area contributed by atoms with Crippen LogP contribution in [0.15, 0.2) is 0 Å². The predicted molar refractivity (Wildman–Crippen MR) is 81.9 cm³/mol. The van der Waals surface area contributed by atoms with Crippen LogP contribution in [0.3, 0.4) is 0 Å². The lowest BCUT2D eigenvalue weighted by Crippen LogP contribution is -2.68. The molecule has 1 radical (unpaired) electrons. The molecule has 113 valence electrons. The zero-order valence-corrected chi connectivity index (χ0v) is 15.3. The summed E-state index contributed by atoms with van der Waals surface area (Å²) in [5.41, 5.74) is 0. The number of hydrogen-bond acceptors (Lipinski definition) is 3. The lowest BCUT2D eigenvalue weighted by Gasteiger charge is -2.40. The zero-order chi connectivity index (χ0) is 14.4. The van der Waals surface area contributed by atoms with Crippen LogP contribution in [0.2, 0.25) is 18.1 Å². The fourth-order valence-corrected chi connectivity index (χ4v) is 16.5. The average Bonchev–Trinajstić information content (AvgIpc) is 2.81. The van der Waals surface area contributed by atoms with Crippen LogP contribution in [0, 0.1) is 0 Å². The Hall–Kier alpha value is 0.274. The van der Waals surface area contributed by atoms with E-state index in [4.69, 9.17) is 14.1 Å². The summed E-state index contributed by atoms with van der Waals surface area (Å²) in [6.07, 6.45) is 1.22. The smallest absolute Gasteiger partial charge is 0.413 e. The van der Waals surface area contributed by atoms with Gasteiger partial charge in [-0.3, -0.25) is 0 Å². The fourth-order valence-electron chi connectivity index (χ4n) is 3.26. The van der Waals surface area contributed by atoms with E-state index in [-0.39, 0.29) is 0 Å². The molecule has 0 bridgehead atoms. The maximum absolute atomic E-state index is 6.37. The van der Waals surface area contributed by atoms with Crippen molar-refractivity contribution in [2.75, 3.05) is 26.4 Å². The van der Waals surface area contributed by atoms with Crippen molar-refractivity contribution in [1.29, 1.82) is 0 Å². The molecule has 0 aliphatic carbocycles. The summed E-state index contributed by atoms with van der Waals surface area (Å²) in [5.74, 6) is 0. The average molecular weight is 306 g/mol. The molecule has 0 unspecified atom stereocenters. The first kappa shape index (κ1) is 17.3. The van der Waals surface area contributed by atoms with E-state index in [1.807, 2.05) is 0 Å². The molecule has 1 aliphatic rings. The van der Waals surface area contributed by atoms with Gasteiger partial charge in [-0.25, -0.2) is 0 Å². The van der Waals surface area contributed by atoms with Crippen molar-refractivity contribution in [3.05, 3.63) is 0 Å². The van der Waals surface area contributed by atoms with E-state index in [0.29, 0.717) is 4.48 Å². The van der Waals surface area contributed by atoms with E-state index in [0.717, 1.165) is 26.4 Å². The Bertz CT molecular complexity index is 256. The minimum Gasteiger partial charge on any atom is -0.413 e. The van der Waals surface area contributed by atoms with Crippen LogP contribution in [0.1, 0.15) is 41.0 Å². The molecule has 0 spiro atoms. The Morgan fingerprint density at radius 2 is 1.53 bits per heavy atom. The largest absolute Gasteiger partial charge is 0.414 e. The Morgan fingerprint density at radius 3 is 1.95 bits per heavy atom. The van der Waals surface area contributed by atoms with Gasteiger partial charge in [0.15, 0.2) is 0 Å². The maximum atomic E-state index is 6.37. The maximum Gasteiger partial charge on any atom is 0.414 e. The molecule has 0 saturated carbocycles. The van der Waals surface area contributed by atoms with Gasteiger partial charge in [0.25, 0.3) is 7.83 Å². The molecule has 0 aromatic heterocycles. The summed E-state index contributed by atoms with van der Waals surface area (Å²) >= 11 is 0. The lowest BCUT2D eigenvalue weighted by molar-refractivity contribution is -1.17. The summed E-state index contributed by atoms with van der Waals surface area (Å²) in [4.78, 5) is 12.2. The number of hydrogen-bond donors (Lipinski definition) is 0. The van der Waals surface area contributed by atoms with E-state index in [1.165, 1.54) is 24.6 Å². The highest BCUT2D eigenvalue weighted by Gasteiger charge is 2.63. The molecule has 6 heteroatoms. The molecule has 1 aliphatic heterocycles. The number of quaternary nitrogens is 1. The Labute approximate surface area is 121 Å². The molecule has 4 nitrogen and oxygen atoms in total. The van der Waals surface area contributed by atoms with Crippen LogP contribution < -0.4 is 0 Å². The summed E-state index contributed by atoms with van der Waals surface area (Å²) in [6.45, 7) is 14.1. The lowest BCUT2D eigenvalue weighted by atomic mass is 10.5. The van der Waals surface area contributed by atoms with Crippen molar-refractivity contribution in [3.8, 4) is 0 Å². The summed E-state index contributed by atoms with van der Waals surface area (Å²) in [7, 11) is -2.48. The molecule has 0 aromatic rings. The van der Waals surface area contributed by atoms with Crippen molar-refractivity contribution in [3.63, 3.8) is 0 Å². The third-order valence-corrected chi connectivity index (χ3v) is 17.8. The molecule has 0 aromatic carbocycles.